The summed E-state index contributed by atoms with van der Waals surface area (Å²) in [4.78, 5) is 0. The summed E-state index contributed by atoms with van der Waals surface area (Å²) in [7, 11) is -18.7. The van der Waals surface area contributed by atoms with Gasteiger partial charge in [0.2, 0.25) is 0 Å². The lowest BCUT2D eigenvalue weighted by Gasteiger charge is -1.90. The fraction of sp³-hybridized carbons (Fsp3) is 1.00. The van der Waals surface area contributed by atoms with Gasteiger partial charge in [-0.1, -0.05) is 27.2 Å². The van der Waals surface area contributed by atoms with Crippen LogP contribution >= 0.6 is 0 Å². The Kier molecular flexibility index (Phi) is 27.6. The Hall–Kier alpha value is -0.560. The molecule has 0 aromatic heterocycles. The van der Waals surface area contributed by atoms with Crippen molar-refractivity contribution in [2.45, 2.75) is 27.2 Å². The highest BCUT2D eigenvalue weighted by Crippen LogP contribution is 1.93. The van der Waals surface area contributed by atoms with Crippen molar-refractivity contribution in [3.8, 4) is 0 Å². The predicted octanol–water partition coefficient (Wildman–Crippen LogP) is -1.38. The van der Waals surface area contributed by atoms with E-state index in [1.807, 2.05) is 0 Å². The molecule has 21 heteroatoms. The van der Waals surface area contributed by atoms with E-state index in [1.165, 1.54) is 6.42 Å². The van der Waals surface area contributed by atoms with Crippen molar-refractivity contribution in [3.63, 3.8) is 0 Å². The molecule has 0 radical (unpaired) electrons. The highest BCUT2D eigenvalue weighted by Gasteiger charge is 1.86. The molecule has 0 aliphatic carbocycles. The first kappa shape index (κ1) is 40.2. The summed E-state index contributed by atoms with van der Waals surface area (Å²) in [6.07, 6.45) is 1.31. The smallest absolute Gasteiger partial charge is 0.394 e. The van der Waals surface area contributed by atoms with Gasteiger partial charge in [0.1, 0.15) is 0 Å². The Labute approximate surface area is 150 Å². The largest absolute Gasteiger partial charge is 0.412 e. The van der Waals surface area contributed by atoms with E-state index < -0.39 is 41.6 Å². The van der Waals surface area contributed by atoms with Crippen molar-refractivity contribution in [1.82, 2.24) is 0 Å². The highest BCUT2D eigenvalue weighted by atomic mass is 32.3. The second-order valence-corrected chi connectivity index (χ2v) is 7.18. The molecule has 0 aliphatic heterocycles. The van der Waals surface area contributed by atoms with Crippen LogP contribution in [0, 0.1) is 5.92 Å². The molecule has 168 valence electrons. The van der Waals surface area contributed by atoms with Gasteiger partial charge in [0, 0.05) is 0 Å². The number of hydrogen-bond acceptors (Lipinski definition) is 8. The van der Waals surface area contributed by atoms with Crippen LogP contribution in [0.4, 0.5) is 0 Å². The van der Waals surface area contributed by atoms with Crippen LogP contribution in [-0.4, -0.2) is 75.6 Å². The maximum Gasteiger partial charge on any atom is 0.394 e. The van der Waals surface area contributed by atoms with Crippen molar-refractivity contribution in [2.24, 2.45) is 5.92 Å². The molecular formula is C5H22O17S4. The minimum Gasteiger partial charge on any atom is -0.412 e. The molecule has 0 bridgehead atoms. The second kappa shape index (κ2) is 17.8. The van der Waals surface area contributed by atoms with Gasteiger partial charge < -0.3 is 5.48 Å². The molecule has 17 nitrogen and oxygen atoms in total. The Balaban J connectivity index is -0.0000000476. The van der Waals surface area contributed by atoms with E-state index in [0.29, 0.717) is 0 Å². The van der Waals surface area contributed by atoms with Gasteiger partial charge in [-0.2, -0.15) is 33.7 Å². The SMILES string of the molecule is CCC(C)C.O.O=S(=O)(O)O.O=S(=O)(O)O.O=S(=O)(O)O.O=S(=O)(O)O. The van der Waals surface area contributed by atoms with E-state index in [1.54, 1.807) is 0 Å². The lowest BCUT2D eigenvalue weighted by Crippen LogP contribution is -1.89. The standard InChI is InChI=1S/C5H12.4H2O4S.H2O/c1-4-5(2)3;4*1-5(2,3)4;/h5H,4H2,1-3H3;4*(H2,1,2,3,4);1H2. The van der Waals surface area contributed by atoms with Gasteiger partial charge in [-0.3, -0.25) is 36.4 Å². The zero-order chi connectivity index (χ0) is 22.3. The minimum absolute atomic E-state index is 0. The fourth-order valence-corrected chi connectivity index (χ4v) is 0. The second-order valence-electron chi connectivity index (χ2n) is 3.59. The Morgan fingerprint density at radius 3 is 0.577 bits per heavy atom. The summed E-state index contributed by atoms with van der Waals surface area (Å²) >= 11 is 0. The Morgan fingerprint density at radius 2 is 0.577 bits per heavy atom. The van der Waals surface area contributed by atoms with Gasteiger partial charge in [-0.15, -0.1) is 0 Å². The van der Waals surface area contributed by atoms with E-state index in [9.17, 15) is 0 Å². The van der Waals surface area contributed by atoms with Gasteiger partial charge in [0.05, 0.1) is 0 Å². The van der Waals surface area contributed by atoms with Gasteiger partial charge in [0.25, 0.3) is 0 Å². The van der Waals surface area contributed by atoms with Crippen molar-refractivity contribution in [2.75, 3.05) is 0 Å². The lowest BCUT2D eigenvalue weighted by atomic mass is 10.2. The Morgan fingerprint density at radius 1 is 0.538 bits per heavy atom. The molecule has 0 aromatic rings. The minimum atomic E-state index is -4.67. The average Bonchev–Trinajstić information content (AvgIpc) is 2.05. The lowest BCUT2D eigenvalue weighted by molar-refractivity contribution is 0.378. The molecule has 0 saturated carbocycles. The molecule has 0 rings (SSSR count). The first-order valence-electron chi connectivity index (χ1n) is 5.06. The molecule has 26 heavy (non-hydrogen) atoms. The van der Waals surface area contributed by atoms with Crippen molar-refractivity contribution >= 4 is 41.6 Å². The molecular weight excluding hydrogens is 460 g/mol. The molecule has 0 unspecified atom stereocenters. The first-order valence-corrected chi connectivity index (χ1v) is 10.7. The van der Waals surface area contributed by atoms with Crippen LogP contribution < -0.4 is 0 Å². The van der Waals surface area contributed by atoms with Crippen LogP contribution in [0.1, 0.15) is 27.2 Å². The maximum absolute atomic E-state index is 8.74. The molecule has 0 atom stereocenters. The highest BCUT2D eigenvalue weighted by molar-refractivity contribution is 7.80. The van der Waals surface area contributed by atoms with E-state index in [0.717, 1.165) is 5.92 Å². The zero-order valence-electron chi connectivity index (χ0n) is 13.3. The van der Waals surface area contributed by atoms with E-state index in [4.69, 9.17) is 70.1 Å². The monoisotopic (exact) mass is 482 g/mol. The van der Waals surface area contributed by atoms with Gasteiger partial charge >= 0.3 is 41.6 Å². The van der Waals surface area contributed by atoms with E-state index >= 15 is 0 Å². The molecule has 0 saturated heterocycles. The molecule has 0 amide bonds. The quantitative estimate of drug-likeness (QED) is 0.199. The Bertz CT molecular complexity index is 543. The summed E-state index contributed by atoms with van der Waals surface area (Å²) in [5.74, 6) is 0.884. The zero-order valence-corrected chi connectivity index (χ0v) is 16.5. The van der Waals surface area contributed by atoms with Crippen molar-refractivity contribution in [3.05, 3.63) is 0 Å². The molecule has 0 spiro atoms. The van der Waals surface area contributed by atoms with Gasteiger partial charge in [-0.05, 0) is 5.92 Å². The molecule has 0 fully saturated rings. The van der Waals surface area contributed by atoms with E-state index in [2.05, 4.69) is 20.8 Å². The van der Waals surface area contributed by atoms with Crippen LogP contribution in [0.25, 0.3) is 0 Å². The van der Waals surface area contributed by atoms with Gasteiger partial charge in [0.15, 0.2) is 0 Å². The summed E-state index contributed by atoms with van der Waals surface area (Å²) in [6, 6.07) is 0. The molecule has 0 heterocycles. The third-order valence-corrected chi connectivity index (χ3v) is 0.816. The maximum atomic E-state index is 8.74. The van der Waals surface area contributed by atoms with Crippen molar-refractivity contribution < 1.29 is 75.6 Å². The average molecular weight is 482 g/mol. The molecule has 0 aromatic carbocycles. The summed E-state index contributed by atoms with van der Waals surface area (Å²) in [5, 5.41) is 0. The van der Waals surface area contributed by atoms with Crippen molar-refractivity contribution in [1.29, 1.82) is 0 Å². The van der Waals surface area contributed by atoms with Crippen LogP contribution in [0.3, 0.4) is 0 Å². The topological polar surface area (TPSA) is 330 Å². The third-order valence-electron chi connectivity index (χ3n) is 0.816. The number of rotatable bonds is 1. The van der Waals surface area contributed by atoms with Crippen LogP contribution in [0.5, 0.6) is 0 Å². The first-order chi connectivity index (χ1) is 10.3. The van der Waals surface area contributed by atoms with Gasteiger partial charge in [-0.25, -0.2) is 0 Å². The molecule has 0 aliphatic rings. The van der Waals surface area contributed by atoms with Crippen LogP contribution in [0.15, 0.2) is 0 Å². The fourth-order valence-electron chi connectivity index (χ4n) is 0. The summed E-state index contributed by atoms with van der Waals surface area (Å²) in [6.45, 7) is 6.64. The predicted molar refractivity (Wildman–Crippen MR) is 85.5 cm³/mol. The number of hydrogen-bond donors (Lipinski definition) is 8. The summed E-state index contributed by atoms with van der Waals surface area (Å²) < 4.78 is 126. The molecule has 10 N–H and O–H groups in total. The van der Waals surface area contributed by atoms with E-state index in [-0.39, 0.29) is 5.48 Å². The van der Waals surface area contributed by atoms with Crippen LogP contribution in [-0.2, 0) is 41.6 Å². The normalized spacial score (nSPS) is 10.8. The van der Waals surface area contributed by atoms with Crippen LogP contribution in [0.2, 0.25) is 0 Å². The summed E-state index contributed by atoms with van der Waals surface area (Å²) in [5.41, 5.74) is 0. The third kappa shape index (κ3) is 5690.